The maximum atomic E-state index is 3.68. The monoisotopic (exact) mass is 343 g/mol. The molecule has 1 nitrogen and oxygen atoms in total. The molecule has 1 aliphatic carbocycles. The van der Waals surface area contributed by atoms with Crippen molar-refractivity contribution < 1.29 is 0 Å². The molecule has 21 heavy (non-hydrogen) atoms. The minimum absolute atomic E-state index is 0.660. The predicted molar refractivity (Wildman–Crippen MR) is 92.6 cm³/mol. The van der Waals surface area contributed by atoms with Crippen molar-refractivity contribution in [1.82, 2.24) is 5.32 Å². The first-order chi connectivity index (χ1) is 10.3. The molecule has 0 unspecified atom stereocenters. The molecule has 110 valence electrons. The Hall–Kier alpha value is -1.12. The van der Waals surface area contributed by atoms with Gasteiger partial charge in [-0.1, -0.05) is 65.3 Å². The molecule has 3 rings (SSSR count). The number of benzene rings is 2. The molecule has 0 bridgehead atoms. The molecule has 0 radical (unpaired) electrons. The Balaban J connectivity index is 1.48. The molecule has 0 atom stereocenters. The van der Waals surface area contributed by atoms with Crippen LogP contribution in [0, 0.1) is 0 Å². The average Bonchev–Trinajstić information content (AvgIpc) is 2.48. The second kappa shape index (κ2) is 6.76. The van der Waals surface area contributed by atoms with E-state index in [9.17, 15) is 0 Å². The number of rotatable bonds is 5. The molecule has 2 aromatic rings. The third-order valence-electron chi connectivity index (χ3n) is 4.51. The van der Waals surface area contributed by atoms with Crippen molar-refractivity contribution >= 4 is 15.9 Å². The van der Waals surface area contributed by atoms with Gasteiger partial charge in [0.2, 0.25) is 0 Å². The van der Waals surface area contributed by atoms with Gasteiger partial charge in [-0.05, 0) is 47.9 Å². The van der Waals surface area contributed by atoms with Gasteiger partial charge in [0.1, 0.15) is 0 Å². The molecule has 0 saturated heterocycles. The van der Waals surface area contributed by atoms with E-state index < -0.39 is 0 Å². The molecule has 2 heteroatoms. The van der Waals surface area contributed by atoms with Crippen LogP contribution in [0.15, 0.2) is 53.0 Å². The van der Waals surface area contributed by atoms with Crippen molar-refractivity contribution in [2.45, 2.75) is 44.7 Å². The lowest BCUT2D eigenvalue weighted by atomic mass is 9.76. The third kappa shape index (κ3) is 3.56. The Kier molecular flexibility index (Phi) is 4.77. The molecule has 1 N–H and O–H groups in total. The van der Waals surface area contributed by atoms with E-state index in [2.05, 4.69) is 76.7 Å². The highest BCUT2D eigenvalue weighted by Gasteiger charge is 2.30. The van der Waals surface area contributed by atoms with Gasteiger partial charge in [0.15, 0.2) is 0 Å². The first kappa shape index (κ1) is 14.8. The summed E-state index contributed by atoms with van der Waals surface area (Å²) in [6.07, 6.45) is 3.61. The molecule has 1 saturated carbocycles. The molecule has 0 heterocycles. The highest BCUT2D eigenvalue weighted by atomic mass is 79.9. The van der Waals surface area contributed by atoms with Gasteiger partial charge in [-0.3, -0.25) is 0 Å². The summed E-state index contributed by atoms with van der Waals surface area (Å²) in [7, 11) is 0. The fourth-order valence-electron chi connectivity index (χ4n) is 3.00. The fourth-order valence-corrected chi connectivity index (χ4v) is 3.61. The van der Waals surface area contributed by atoms with Crippen molar-refractivity contribution in [2.24, 2.45) is 0 Å². The van der Waals surface area contributed by atoms with E-state index in [4.69, 9.17) is 0 Å². The summed E-state index contributed by atoms with van der Waals surface area (Å²) in [4.78, 5) is 0. The van der Waals surface area contributed by atoms with Crippen LogP contribution in [0.2, 0.25) is 0 Å². The van der Waals surface area contributed by atoms with Gasteiger partial charge in [0, 0.05) is 17.1 Å². The second-order valence-corrected chi connectivity index (χ2v) is 6.79. The molecule has 0 aromatic heterocycles. The van der Waals surface area contributed by atoms with E-state index in [0.717, 1.165) is 13.0 Å². The first-order valence-corrected chi connectivity index (χ1v) is 8.61. The highest BCUT2D eigenvalue weighted by molar-refractivity contribution is 9.10. The van der Waals surface area contributed by atoms with Crippen molar-refractivity contribution in [3.05, 3.63) is 69.7 Å². The fraction of sp³-hybridized carbons (Fsp3) is 0.368. The summed E-state index contributed by atoms with van der Waals surface area (Å²) in [5, 5.41) is 3.68. The van der Waals surface area contributed by atoms with Gasteiger partial charge < -0.3 is 5.32 Å². The molecule has 1 aliphatic rings. The van der Waals surface area contributed by atoms with Crippen LogP contribution in [-0.2, 0) is 13.0 Å². The topological polar surface area (TPSA) is 12.0 Å². The molecule has 0 aliphatic heterocycles. The zero-order valence-electron chi connectivity index (χ0n) is 12.5. The lowest BCUT2D eigenvalue weighted by Crippen LogP contribution is -2.39. The average molecular weight is 344 g/mol. The minimum atomic E-state index is 0.660. The Morgan fingerprint density at radius 3 is 2.33 bits per heavy atom. The second-order valence-electron chi connectivity index (χ2n) is 5.94. The highest BCUT2D eigenvalue weighted by Crippen LogP contribution is 2.40. The molecular formula is C19H22BrN. The van der Waals surface area contributed by atoms with Crippen molar-refractivity contribution in [2.75, 3.05) is 0 Å². The predicted octanol–water partition coefficient (Wildman–Crippen LogP) is 5.05. The van der Waals surface area contributed by atoms with E-state index in [1.165, 1.54) is 34.0 Å². The van der Waals surface area contributed by atoms with Gasteiger partial charge >= 0.3 is 0 Å². The Morgan fingerprint density at radius 1 is 1.00 bits per heavy atom. The molecular weight excluding hydrogens is 322 g/mol. The smallest absolute Gasteiger partial charge is 0.0210 e. The normalized spacial score (nSPS) is 21.0. The van der Waals surface area contributed by atoms with Crippen molar-refractivity contribution in [1.29, 1.82) is 0 Å². The van der Waals surface area contributed by atoms with E-state index in [-0.39, 0.29) is 0 Å². The SMILES string of the molecule is CCc1ccc(CNC2CC(c3ccccc3Br)C2)cc1. The van der Waals surface area contributed by atoms with Crippen LogP contribution in [0.1, 0.15) is 42.4 Å². The van der Waals surface area contributed by atoms with Crippen LogP contribution in [0.5, 0.6) is 0 Å². The number of aryl methyl sites for hydroxylation is 1. The van der Waals surface area contributed by atoms with Crippen LogP contribution in [0.4, 0.5) is 0 Å². The van der Waals surface area contributed by atoms with Gasteiger partial charge in [-0.15, -0.1) is 0 Å². The number of nitrogens with one attached hydrogen (secondary N) is 1. The Bertz CT molecular complexity index is 585. The van der Waals surface area contributed by atoms with Crippen LogP contribution < -0.4 is 5.32 Å². The van der Waals surface area contributed by atoms with E-state index in [1.54, 1.807) is 0 Å². The lowest BCUT2D eigenvalue weighted by molar-refractivity contribution is 0.289. The molecule has 0 spiro atoms. The lowest BCUT2D eigenvalue weighted by Gasteiger charge is -2.37. The largest absolute Gasteiger partial charge is 0.310 e. The van der Waals surface area contributed by atoms with Crippen LogP contribution in [-0.4, -0.2) is 6.04 Å². The van der Waals surface area contributed by atoms with Gasteiger partial charge in [0.05, 0.1) is 0 Å². The Labute approximate surface area is 135 Å². The maximum Gasteiger partial charge on any atom is 0.0210 e. The van der Waals surface area contributed by atoms with Gasteiger partial charge in [-0.25, -0.2) is 0 Å². The first-order valence-electron chi connectivity index (χ1n) is 7.82. The summed E-state index contributed by atoms with van der Waals surface area (Å²) < 4.78 is 1.25. The number of halogens is 1. The Morgan fingerprint density at radius 2 is 1.67 bits per heavy atom. The maximum absolute atomic E-state index is 3.68. The standard InChI is InChI=1S/C19H22BrN/c1-2-14-7-9-15(10-8-14)13-21-17-11-16(12-17)18-5-3-4-6-19(18)20/h3-10,16-17,21H,2,11-13H2,1H3. The summed E-state index contributed by atoms with van der Waals surface area (Å²) in [5.74, 6) is 0.709. The third-order valence-corrected chi connectivity index (χ3v) is 5.23. The van der Waals surface area contributed by atoms with Crippen molar-refractivity contribution in [3.8, 4) is 0 Å². The summed E-state index contributed by atoms with van der Waals surface area (Å²) in [6, 6.07) is 18.2. The molecule has 0 amide bonds. The summed E-state index contributed by atoms with van der Waals surface area (Å²) >= 11 is 3.66. The number of hydrogen-bond donors (Lipinski definition) is 1. The van der Waals surface area contributed by atoms with Gasteiger partial charge in [-0.2, -0.15) is 0 Å². The van der Waals surface area contributed by atoms with E-state index in [1.807, 2.05) is 0 Å². The minimum Gasteiger partial charge on any atom is -0.310 e. The van der Waals surface area contributed by atoms with Crippen molar-refractivity contribution in [3.63, 3.8) is 0 Å². The molecule has 1 fully saturated rings. The van der Waals surface area contributed by atoms with Crippen LogP contribution in [0.3, 0.4) is 0 Å². The number of hydrogen-bond acceptors (Lipinski definition) is 1. The van der Waals surface area contributed by atoms with Gasteiger partial charge in [0.25, 0.3) is 0 Å². The molecule has 2 aromatic carbocycles. The quantitative estimate of drug-likeness (QED) is 0.801. The van der Waals surface area contributed by atoms with E-state index in [0.29, 0.717) is 12.0 Å². The van der Waals surface area contributed by atoms with Crippen LogP contribution in [0.25, 0.3) is 0 Å². The summed E-state index contributed by atoms with van der Waals surface area (Å²) in [5.41, 5.74) is 4.26. The van der Waals surface area contributed by atoms with E-state index >= 15 is 0 Å². The van der Waals surface area contributed by atoms with Crippen LogP contribution >= 0.6 is 15.9 Å². The zero-order valence-corrected chi connectivity index (χ0v) is 14.1. The zero-order chi connectivity index (χ0) is 14.7. The summed E-state index contributed by atoms with van der Waals surface area (Å²) in [6.45, 7) is 3.18.